The molecular formula is C24H25N5O3S. The number of aromatic nitrogens is 2. The Morgan fingerprint density at radius 1 is 1.12 bits per heavy atom. The molecular weight excluding hydrogens is 438 g/mol. The smallest absolute Gasteiger partial charge is 0.257 e. The minimum Gasteiger partial charge on any atom is -0.326 e. The van der Waals surface area contributed by atoms with Crippen molar-refractivity contribution in [2.45, 2.75) is 39.0 Å². The molecule has 170 valence electrons. The molecule has 0 spiro atoms. The molecule has 1 aromatic heterocycles. The SMILES string of the molecule is CCCC(=O)Nc1ccc(C(=O)Nc2nnc(C3CC(=O)N(c4cccc(C)c4)C3)s2)cc1. The van der Waals surface area contributed by atoms with Gasteiger partial charge < -0.3 is 10.2 Å². The zero-order valence-electron chi connectivity index (χ0n) is 18.5. The van der Waals surface area contributed by atoms with Crippen LogP contribution < -0.4 is 15.5 Å². The van der Waals surface area contributed by atoms with E-state index in [0.717, 1.165) is 22.7 Å². The van der Waals surface area contributed by atoms with Crippen LogP contribution in [0.2, 0.25) is 0 Å². The van der Waals surface area contributed by atoms with Gasteiger partial charge in [-0.25, -0.2) is 0 Å². The van der Waals surface area contributed by atoms with Gasteiger partial charge in [0.1, 0.15) is 5.01 Å². The Bertz CT molecular complexity index is 1170. The molecule has 1 fully saturated rings. The lowest BCUT2D eigenvalue weighted by molar-refractivity contribution is -0.117. The van der Waals surface area contributed by atoms with Gasteiger partial charge in [0.15, 0.2) is 0 Å². The molecule has 2 heterocycles. The Morgan fingerprint density at radius 2 is 1.91 bits per heavy atom. The Hall–Kier alpha value is -3.59. The summed E-state index contributed by atoms with van der Waals surface area (Å²) in [6.45, 7) is 4.48. The van der Waals surface area contributed by atoms with E-state index in [0.29, 0.717) is 35.8 Å². The number of hydrogen-bond acceptors (Lipinski definition) is 6. The molecule has 2 aromatic carbocycles. The molecule has 0 radical (unpaired) electrons. The molecule has 9 heteroatoms. The number of rotatable bonds is 7. The van der Waals surface area contributed by atoms with Crippen molar-refractivity contribution in [3.05, 3.63) is 64.7 Å². The Labute approximate surface area is 196 Å². The van der Waals surface area contributed by atoms with Crippen molar-refractivity contribution >= 4 is 45.6 Å². The highest BCUT2D eigenvalue weighted by Crippen LogP contribution is 2.34. The highest BCUT2D eigenvalue weighted by Gasteiger charge is 2.34. The Morgan fingerprint density at radius 3 is 2.64 bits per heavy atom. The van der Waals surface area contributed by atoms with Crippen LogP contribution in [0.3, 0.4) is 0 Å². The van der Waals surface area contributed by atoms with Crippen molar-refractivity contribution in [3.63, 3.8) is 0 Å². The number of carbonyl (C=O) groups excluding carboxylic acids is 3. The highest BCUT2D eigenvalue weighted by molar-refractivity contribution is 7.15. The average molecular weight is 464 g/mol. The lowest BCUT2D eigenvalue weighted by Crippen LogP contribution is -2.24. The standard InChI is InChI=1S/C24H25N5O3S/c1-3-5-20(30)25-18-10-8-16(9-11-18)22(32)26-24-28-27-23(33-24)17-13-21(31)29(14-17)19-7-4-6-15(2)12-19/h4,6-12,17H,3,5,13-14H2,1-2H3,(H,25,30)(H,26,28,32). The van der Waals surface area contributed by atoms with Gasteiger partial charge in [0.05, 0.1) is 0 Å². The summed E-state index contributed by atoms with van der Waals surface area (Å²) in [5, 5.41) is 15.0. The molecule has 3 aromatic rings. The molecule has 3 amide bonds. The predicted molar refractivity (Wildman–Crippen MR) is 129 cm³/mol. The van der Waals surface area contributed by atoms with E-state index in [1.54, 1.807) is 29.2 Å². The fraction of sp³-hybridized carbons (Fsp3) is 0.292. The number of benzene rings is 2. The van der Waals surface area contributed by atoms with E-state index < -0.39 is 0 Å². The van der Waals surface area contributed by atoms with Crippen LogP contribution in [0, 0.1) is 6.92 Å². The monoisotopic (exact) mass is 463 g/mol. The quantitative estimate of drug-likeness (QED) is 0.542. The number of aryl methyl sites for hydroxylation is 1. The van der Waals surface area contributed by atoms with Gasteiger partial charge in [-0.15, -0.1) is 10.2 Å². The molecule has 0 bridgehead atoms. The third kappa shape index (κ3) is 5.43. The first kappa shape index (κ1) is 22.6. The van der Waals surface area contributed by atoms with Crippen molar-refractivity contribution in [1.29, 1.82) is 0 Å². The van der Waals surface area contributed by atoms with Crippen LogP contribution in [0.15, 0.2) is 48.5 Å². The van der Waals surface area contributed by atoms with Gasteiger partial charge in [-0.1, -0.05) is 30.4 Å². The molecule has 0 saturated carbocycles. The lowest BCUT2D eigenvalue weighted by Gasteiger charge is -2.16. The van der Waals surface area contributed by atoms with E-state index in [9.17, 15) is 14.4 Å². The molecule has 1 aliphatic heterocycles. The van der Waals surface area contributed by atoms with Crippen LogP contribution in [0.1, 0.15) is 53.0 Å². The normalized spacial score (nSPS) is 15.5. The van der Waals surface area contributed by atoms with Crippen molar-refractivity contribution in [3.8, 4) is 0 Å². The second kappa shape index (κ2) is 9.91. The number of nitrogens with one attached hydrogen (secondary N) is 2. The fourth-order valence-corrected chi connectivity index (χ4v) is 4.52. The van der Waals surface area contributed by atoms with Gasteiger partial charge in [-0.05, 0) is 55.3 Å². The van der Waals surface area contributed by atoms with Gasteiger partial charge in [0.2, 0.25) is 16.9 Å². The first-order valence-corrected chi connectivity index (χ1v) is 11.7. The topological polar surface area (TPSA) is 104 Å². The van der Waals surface area contributed by atoms with E-state index in [-0.39, 0.29) is 23.6 Å². The summed E-state index contributed by atoms with van der Waals surface area (Å²) in [6.07, 6.45) is 1.59. The predicted octanol–water partition coefficient (Wildman–Crippen LogP) is 4.36. The summed E-state index contributed by atoms with van der Waals surface area (Å²) in [5.41, 5.74) is 3.07. The van der Waals surface area contributed by atoms with Gasteiger partial charge in [-0.2, -0.15) is 0 Å². The number of carbonyl (C=O) groups is 3. The van der Waals surface area contributed by atoms with E-state index in [1.165, 1.54) is 11.3 Å². The molecule has 1 saturated heterocycles. The summed E-state index contributed by atoms with van der Waals surface area (Å²) < 4.78 is 0. The molecule has 4 rings (SSSR count). The zero-order chi connectivity index (χ0) is 23.4. The van der Waals surface area contributed by atoms with Crippen LogP contribution in [0.4, 0.5) is 16.5 Å². The largest absolute Gasteiger partial charge is 0.326 e. The summed E-state index contributed by atoms with van der Waals surface area (Å²) in [5.74, 6) is -0.375. The first-order chi connectivity index (χ1) is 15.9. The van der Waals surface area contributed by atoms with Crippen LogP contribution in [-0.2, 0) is 9.59 Å². The average Bonchev–Trinajstić information content (AvgIpc) is 3.41. The van der Waals surface area contributed by atoms with Gasteiger partial charge in [0.25, 0.3) is 5.91 Å². The van der Waals surface area contributed by atoms with Crippen molar-refractivity contribution in [2.24, 2.45) is 0 Å². The zero-order valence-corrected chi connectivity index (χ0v) is 19.3. The summed E-state index contributed by atoms with van der Waals surface area (Å²) in [6, 6.07) is 14.5. The Balaban J connectivity index is 1.37. The van der Waals surface area contributed by atoms with Crippen LogP contribution >= 0.6 is 11.3 Å². The van der Waals surface area contributed by atoms with Gasteiger partial charge in [0, 0.05) is 42.2 Å². The number of hydrogen-bond donors (Lipinski definition) is 2. The molecule has 1 atom stereocenters. The second-order valence-corrected chi connectivity index (χ2v) is 9.03. The number of anilines is 3. The maximum atomic E-state index is 12.6. The van der Waals surface area contributed by atoms with Crippen molar-refractivity contribution in [2.75, 3.05) is 22.1 Å². The molecule has 1 unspecified atom stereocenters. The number of amides is 3. The third-order valence-electron chi connectivity index (χ3n) is 5.36. The van der Waals surface area contributed by atoms with E-state index in [1.807, 2.05) is 38.1 Å². The molecule has 1 aliphatic rings. The summed E-state index contributed by atoms with van der Waals surface area (Å²) in [7, 11) is 0. The fourth-order valence-electron chi connectivity index (χ4n) is 3.69. The van der Waals surface area contributed by atoms with E-state index >= 15 is 0 Å². The van der Waals surface area contributed by atoms with E-state index in [4.69, 9.17) is 0 Å². The van der Waals surface area contributed by atoms with Crippen LogP contribution in [-0.4, -0.2) is 34.5 Å². The van der Waals surface area contributed by atoms with Crippen molar-refractivity contribution in [1.82, 2.24) is 10.2 Å². The minimum atomic E-state index is -0.312. The molecule has 2 N–H and O–H groups in total. The highest BCUT2D eigenvalue weighted by atomic mass is 32.1. The first-order valence-electron chi connectivity index (χ1n) is 10.8. The lowest BCUT2D eigenvalue weighted by atomic mass is 10.1. The second-order valence-electron chi connectivity index (χ2n) is 8.02. The van der Waals surface area contributed by atoms with E-state index in [2.05, 4.69) is 20.8 Å². The number of nitrogens with zero attached hydrogens (tertiary/aromatic N) is 3. The molecule has 0 aliphatic carbocycles. The maximum Gasteiger partial charge on any atom is 0.257 e. The van der Waals surface area contributed by atoms with Gasteiger partial charge >= 0.3 is 0 Å². The molecule has 33 heavy (non-hydrogen) atoms. The van der Waals surface area contributed by atoms with Gasteiger partial charge in [-0.3, -0.25) is 19.7 Å². The Kier molecular flexibility index (Phi) is 6.79. The summed E-state index contributed by atoms with van der Waals surface area (Å²) in [4.78, 5) is 38.6. The van der Waals surface area contributed by atoms with Crippen LogP contribution in [0.5, 0.6) is 0 Å². The summed E-state index contributed by atoms with van der Waals surface area (Å²) >= 11 is 1.28. The van der Waals surface area contributed by atoms with Crippen molar-refractivity contribution < 1.29 is 14.4 Å². The maximum absolute atomic E-state index is 12.6. The third-order valence-corrected chi connectivity index (χ3v) is 6.36. The minimum absolute atomic E-state index is 0.0532. The van der Waals surface area contributed by atoms with Crippen LogP contribution in [0.25, 0.3) is 0 Å². The molecule has 8 nitrogen and oxygen atoms in total.